The van der Waals surface area contributed by atoms with Crippen molar-refractivity contribution in [1.82, 2.24) is 24.5 Å². The van der Waals surface area contributed by atoms with Gasteiger partial charge in [0, 0.05) is 45.1 Å². The Hall–Kier alpha value is -3.19. The first-order valence-corrected chi connectivity index (χ1v) is 9.91. The van der Waals surface area contributed by atoms with Crippen molar-refractivity contribution in [2.45, 2.75) is 13.0 Å². The molecular formula is C22H25N5O2. The van der Waals surface area contributed by atoms with Crippen LogP contribution in [0.3, 0.4) is 0 Å². The van der Waals surface area contributed by atoms with Crippen LogP contribution in [0.5, 0.6) is 0 Å². The fraction of sp³-hybridized carbons (Fsp3) is 0.318. The molecule has 3 aromatic rings. The van der Waals surface area contributed by atoms with Gasteiger partial charge < -0.3 is 14.6 Å². The highest BCUT2D eigenvalue weighted by atomic mass is 16.2. The van der Waals surface area contributed by atoms with Crippen LogP contribution in [-0.4, -0.2) is 63.7 Å². The van der Waals surface area contributed by atoms with Gasteiger partial charge in [0.25, 0.3) is 0 Å². The van der Waals surface area contributed by atoms with Crippen LogP contribution in [0.2, 0.25) is 0 Å². The second-order valence-corrected chi connectivity index (χ2v) is 7.29. The van der Waals surface area contributed by atoms with Crippen molar-refractivity contribution in [3.05, 3.63) is 72.2 Å². The zero-order valence-corrected chi connectivity index (χ0v) is 16.3. The first-order valence-electron chi connectivity index (χ1n) is 9.91. The number of pyridine rings is 1. The molecule has 0 unspecified atom stereocenters. The van der Waals surface area contributed by atoms with E-state index in [1.165, 1.54) is 0 Å². The maximum atomic E-state index is 12.4. The molecule has 0 aliphatic carbocycles. The first-order chi connectivity index (χ1) is 14.2. The van der Waals surface area contributed by atoms with E-state index in [1.807, 2.05) is 64.0 Å². The van der Waals surface area contributed by atoms with Crippen LogP contribution < -0.4 is 5.32 Å². The number of hydrogen-bond acceptors (Lipinski definition) is 4. The van der Waals surface area contributed by atoms with Crippen molar-refractivity contribution in [2.75, 3.05) is 32.7 Å². The normalized spacial score (nSPS) is 14.8. The van der Waals surface area contributed by atoms with Crippen LogP contribution in [0, 0.1) is 0 Å². The predicted octanol–water partition coefficient (Wildman–Crippen LogP) is 1.34. The molecule has 1 aromatic carbocycles. The Kier molecular flexibility index (Phi) is 5.86. The Morgan fingerprint density at radius 2 is 1.72 bits per heavy atom. The molecule has 0 atom stereocenters. The molecule has 3 heterocycles. The van der Waals surface area contributed by atoms with Gasteiger partial charge in [-0.05, 0) is 17.7 Å². The second kappa shape index (κ2) is 8.87. The molecule has 1 fully saturated rings. The minimum Gasteiger partial charge on any atom is -0.347 e. The molecule has 0 spiro atoms. The molecule has 7 heteroatoms. The van der Waals surface area contributed by atoms with Gasteiger partial charge in [0.05, 0.1) is 18.7 Å². The number of carbonyl (C=O) groups excluding carboxylic acids is 2. The summed E-state index contributed by atoms with van der Waals surface area (Å²) in [6, 6.07) is 15.5. The van der Waals surface area contributed by atoms with Gasteiger partial charge >= 0.3 is 0 Å². The summed E-state index contributed by atoms with van der Waals surface area (Å²) in [6.45, 7) is 3.77. The lowest BCUT2D eigenvalue weighted by Gasteiger charge is -2.34. The minimum absolute atomic E-state index is 0.0289. The summed E-state index contributed by atoms with van der Waals surface area (Å²) in [5.41, 5.74) is 2.92. The number of carbonyl (C=O) groups is 2. The van der Waals surface area contributed by atoms with Gasteiger partial charge in [0.1, 0.15) is 5.65 Å². The van der Waals surface area contributed by atoms with Crippen molar-refractivity contribution in [2.24, 2.45) is 0 Å². The smallest absolute Gasteiger partial charge is 0.242 e. The fourth-order valence-corrected chi connectivity index (χ4v) is 3.58. The highest BCUT2D eigenvalue weighted by Gasteiger charge is 2.22. The maximum Gasteiger partial charge on any atom is 0.242 e. The molecule has 4 rings (SSSR count). The third-order valence-electron chi connectivity index (χ3n) is 5.17. The molecule has 2 aromatic heterocycles. The molecule has 150 valence electrons. The van der Waals surface area contributed by atoms with Crippen molar-refractivity contribution >= 4 is 17.5 Å². The van der Waals surface area contributed by atoms with Gasteiger partial charge in [0.2, 0.25) is 11.8 Å². The number of hydrogen-bond donors (Lipinski definition) is 1. The van der Waals surface area contributed by atoms with E-state index in [0.717, 1.165) is 36.5 Å². The standard InChI is InChI=1S/C22H25N5O2/c28-21(14-18-6-2-1-3-7-18)23-15-22(29)26-12-10-25(11-13-26)16-19-17-27-9-5-4-8-20(27)24-19/h1-9,17H,10-16H2,(H,23,28). The molecule has 0 radical (unpaired) electrons. The number of imidazole rings is 1. The van der Waals surface area contributed by atoms with Gasteiger partial charge in [-0.1, -0.05) is 36.4 Å². The molecule has 0 bridgehead atoms. The first kappa shape index (κ1) is 19.1. The van der Waals surface area contributed by atoms with Crippen LogP contribution in [0.25, 0.3) is 5.65 Å². The average Bonchev–Trinajstić information content (AvgIpc) is 3.15. The zero-order valence-electron chi connectivity index (χ0n) is 16.3. The molecule has 0 saturated carbocycles. The van der Waals surface area contributed by atoms with E-state index in [0.29, 0.717) is 19.5 Å². The van der Waals surface area contributed by atoms with E-state index >= 15 is 0 Å². The molecule has 1 aliphatic rings. The number of rotatable bonds is 6. The average molecular weight is 391 g/mol. The highest BCUT2D eigenvalue weighted by Crippen LogP contribution is 2.10. The van der Waals surface area contributed by atoms with E-state index in [-0.39, 0.29) is 18.4 Å². The fourth-order valence-electron chi connectivity index (χ4n) is 3.58. The van der Waals surface area contributed by atoms with E-state index < -0.39 is 0 Å². The summed E-state index contributed by atoms with van der Waals surface area (Å²) >= 11 is 0. The Labute approximate surface area is 169 Å². The summed E-state index contributed by atoms with van der Waals surface area (Å²) in [5, 5.41) is 2.74. The van der Waals surface area contributed by atoms with Crippen LogP contribution in [0.4, 0.5) is 0 Å². The van der Waals surface area contributed by atoms with E-state index in [9.17, 15) is 9.59 Å². The quantitative estimate of drug-likeness (QED) is 0.688. The van der Waals surface area contributed by atoms with Gasteiger partial charge in [-0.25, -0.2) is 4.98 Å². The molecule has 1 aliphatic heterocycles. The van der Waals surface area contributed by atoms with Crippen molar-refractivity contribution in [3.8, 4) is 0 Å². The summed E-state index contributed by atoms with van der Waals surface area (Å²) < 4.78 is 2.02. The number of nitrogens with zero attached hydrogens (tertiary/aromatic N) is 4. The van der Waals surface area contributed by atoms with E-state index in [2.05, 4.69) is 21.4 Å². The molecule has 29 heavy (non-hydrogen) atoms. The molecule has 7 nitrogen and oxygen atoms in total. The van der Waals surface area contributed by atoms with E-state index in [4.69, 9.17) is 0 Å². The Bertz CT molecular complexity index is 944. The van der Waals surface area contributed by atoms with Gasteiger partial charge in [-0.2, -0.15) is 0 Å². The number of nitrogens with one attached hydrogen (secondary N) is 1. The number of amides is 2. The minimum atomic E-state index is -0.130. The lowest BCUT2D eigenvalue weighted by atomic mass is 10.1. The topological polar surface area (TPSA) is 70.0 Å². The largest absolute Gasteiger partial charge is 0.347 e. The van der Waals surface area contributed by atoms with Gasteiger partial charge in [-0.3, -0.25) is 14.5 Å². The van der Waals surface area contributed by atoms with Crippen molar-refractivity contribution < 1.29 is 9.59 Å². The summed E-state index contributed by atoms with van der Waals surface area (Å²) in [7, 11) is 0. The summed E-state index contributed by atoms with van der Waals surface area (Å²) in [4.78, 5) is 33.2. The zero-order chi connectivity index (χ0) is 20.1. The number of benzene rings is 1. The van der Waals surface area contributed by atoms with E-state index in [1.54, 1.807) is 0 Å². The SMILES string of the molecule is O=C(Cc1ccccc1)NCC(=O)N1CCN(Cc2cn3ccccc3n2)CC1. The van der Waals surface area contributed by atoms with Crippen LogP contribution >= 0.6 is 0 Å². The highest BCUT2D eigenvalue weighted by molar-refractivity contribution is 5.85. The molecular weight excluding hydrogens is 366 g/mol. The summed E-state index contributed by atoms with van der Waals surface area (Å²) in [5.74, 6) is -0.158. The molecule has 1 saturated heterocycles. The Morgan fingerprint density at radius 3 is 2.48 bits per heavy atom. The van der Waals surface area contributed by atoms with Gasteiger partial charge in [-0.15, -0.1) is 0 Å². The maximum absolute atomic E-state index is 12.4. The molecule has 1 N–H and O–H groups in total. The van der Waals surface area contributed by atoms with Crippen LogP contribution in [0.15, 0.2) is 60.9 Å². The number of fused-ring (bicyclic) bond motifs is 1. The monoisotopic (exact) mass is 391 g/mol. The predicted molar refractivity (Wildman–Crippen MR) is 110 cm³/mol. The lowest BCUT2D eigenvalue weighted by molar-refractivity contribution is -0.134. The second-order valence-electron chi connectivity index (χ2n) is 7.29. The lowest BCUT2D eigenvalue weighted by Crippen LogP contribution is -2.51. The number of piperazine rings is 1. The molecule has 2 amide bonds. The van der Waals surface area contributed by atoms with Crippen molar-refractivity contribution in [1.29, 1.82) is 0 Å². The Balaban J connectivity index is 1.20. The van der Waals surface area contributed by atoms with Crippen LogP contribution in [-0.2, 0) is 22.6 Å². The van der Waals surface area contributed by atoms with Gasteiger partial charge in [0.15, 0.2) is 0 Å². The third kappa shape index (κ3) is 5.00. The Morgan fingerprint density at radius 1 is 0.966 bits per heavy atom. The summed E-state index contributed by atoms with van der Waals surface area (Å²) in [6.07, 6.45) is 4.34. The number of aromatic nitrogens is 2. The van der Waals surface area contributed by atoms with Crippen LogP contribution in [0.1, 0.15) is 11.3 Å². The third-order valence-corrected chi connectivity index (χ3v) is 5.17. The van der Waals surface area contributed by atoms with Crippen molar-refractivity contribution in [3.63, 3.8) is 0 Å².